The summed E-state index contributed by atoms with van der Waals surface area (Å²) in [7, 11) is -3.57. The third-order valence-electron chi connectivity index (χ3n) is 5.51. The van der Waals surface area contributed by atoms with Crippen LogP contribution < -0.4 is 5.32 Å². The zero-order valence-corrected chi connectivity index (χ0v) is 17.9. The van der Waals surface area contributed by atoms with Gasteiger partial charge < -0.3 is 10.2 Å². The smallest absolute Gasteiger partial charge is 0.321 e. The molecule has 3 aromatic rings. The van der Waals surface area contributed by atoms with Crippen LogP contribution in [0.1, 0.15) is 11.1 Å². The highest BCUT2D eigenvalue weighted by atomic mass is 32.2. The summed E-state index contributed by atoms with van der Waals surface area (Å²) in [5.41, 5.74) is 2.52. The van der Waals surface area contributed by atoms with Crippen LogP contribution in [-0.2, 0) is 10.0 Å². The molecule has 0 atom stereocenters. The number of sulfonamides is 1. The van der Waals surface area contributed by atoms with E-state index in [0.29, 0.717) is 18.0 Å². The van der Waals surface area contributed by atoms with Crippen LogP contribution in [0.15, 0.2) is 65.6 Å². The Bertz CT molecular complexity index is 1190. The van der Waals surface area contributed by atoms with Crippen LogP contribution in [0.4, 0.5) is 10.5 Å². The first-order chi connectivity index (χ1) is 14.4. The summed E-state index contributed by atoms with van der Waals surface area (Å²) in [6.45, 7) is 5.00. The Kier molecular flexibility index (Phi) is 5.49. The minimum absolute atomic E-state index is 0.213. The minimum Gasteiger partial charge on any atom is -0.322 e. The molecule has 1 aliphatic rings. The maximum Gasteiger partial charge on any atom is 0.321 e. The number of nitrogens with zero attached hydrogens (tertiary/aromatic N) is 2. The topological polar surface area (TPSA) is 69.7 Å². The van der Waals surface area contributed by atoms with Gasteiger partial charge in [-0.1, -0.05) is 54.1 Å². The highest BCUT2D eigenvalue weighted by molar-refractivity contribution is 7.89. The largest absolute Gasteiger partial charge is 0.322 e. The van der Waals surface area contributed by atoms with E-state index in [4.69, 9.17) is 0 Å². The van der Waals surface area contributed by atoms with Gasteiger partial charge in [0.15, 0.2) is 0 Å². The SMILES string of the molecule is Cc1ccc(S(=O)(=O)N2CCN(C(=O)Nc3cccc4ccccc34)CC2)c(C)c1. The third kappa shape index (κ3) is 3.91. The fraction of sp³-hybridized carbons (Fsp3) is 0.261. The van der Waals surface area contributed by atoms with Crippen molar-refractivity contribution in [3.63, 3.8) is 0 Å². The summed E-state index contributed by atoms with van der Waals surface area (Å²) in [5, 5.41) is 5.01. The summed E-state index contributed by atoms with van der Waals surface area (Å²) in [4.78, 5) is 14.8. The van der Waals surface area contributed by atoms with Crippen molar-refractivity contribution >= 4 is 32.5 Å². The van der Waals surface area contributed by atoms with Crippen molar-refractivity contribution in [1.29, 1.82) is 0 Å². The highest BCUT2D eigenvalue weighted by Gasteiger charge is 2.31. The number of rotatable bonds is 3. The monoisotopic (exact) mass is 423 g/mol. The number of benzene rings is 3. The molecular weight excluding hydrogens is 398 g/mol. The molecule has 6 nitrogen and oxygen atoms in total. The molecule has 1 saturated heterocycles. The normalized spacial score (nSPS) is 15.3. The molecule has 0 radical (unpaired) electrons. The molecular formula is C23H25N3O3S. The van der Waals surface area contributed by atoms with Crippen molar-refractivity contribution < 1.29 is 13.2 Å². The van der Waals surface area contributed by atoms with E-state index < -0.39 is 10.0 Å². The first-order valence-corrected chi connectivity index (χ1v) is 11.4. The Morgan fingerprint density at radius 1 is 0.900 bits per heavy atom. The molecule has 7 heteroatoms. The van der Waals surface area contributed by atoms with Crippen LogP contribution in [0, 0.1) is 13.8 Å². The van der Waals surface area contributed by atoms with E-state index in [0.717, 1.165) is 27.6 Å². The van der Waals surface area contributed by atoms with Crippen LogP contribution in [0.2, 0.25) is 0 Å². The Balaban J connectivity index is 1.44. The third-order valence-corrected chi connectivity index (χ3v) is 7.56. The van der Waals surface area contributed by atoms with Crippen molar-refractivity contribution in [2.75, 3.05) is 31.5 Å². The second-order valence-corrected chi connectivity index (χ2v) is 9.52. The number of nitrogens with one attached hydrogen (secondary N) is 1. The molecule has 156 valence electrons. The van der Waals surface area contributed by atoms with Gasteiger partial charge in [0.2, 0.25) is 10.0 Å². The van der Waals surface area contributed by atoms with E-state index in [1.165, 1.54) is 4.31 Å². The number of carbonyl (C=O) groups excluding carboxylic acids is 1. The van der Waals surface area contributed by atoms with Crippen molar-refractivity contribution in [2.45, 2.75) is 18.7 Å². The average molecular weight is 424 g/mol. The van der Waals surface area contributed by atoms with Gasteiger partial charge >= 0.3 is 6.03 Å². The molecule has 1 fully saturated rings. The van der Waals surface area contributed by atoms with E-state index in [9.17, 15) is 13.2 Å². The van der Waals surface area contributed by atoms with Gasteiger partial charge in [0.25, 0.3) is 0 Å². The average Bonchev–Trinajstić information content (AvgIpc) is 2.74. The predicted molar refractivity (Wildman–Crippen MR) is 119 cm³/mol. The Morgan fingerprint density at radius 2 is 1.60 bits per heavy atom. The summed E-state index contributed by atoms with van der Waals surface area (Å²) in [6, 6.07) is 18.8. The van der Waals surface area contributed by atoms with Crippen molar-refractivity contribution in [3.05, 3.63) is 71.8 Å². The lowest BCUT2D eigenvalue weighted by atomic mass is 10.1. The second kappa shape index (κ2) is 8.08. The van der Waals surface area contributed by atoms with Gasteiger partial charge in [-0.05, 0) is 36.9 Å². The lowest BCUT2D eigenvalue weighted by molar-refractivity contribution is 0.184. The van der Waals surface area contributed by atoms with Gasteiger partial charge in [-0.3, -0.25) is 0 Å². The molecule has 0 aliphatic carbocycles. The molecule has 1 aliphatic heterocycles. The maximum atomic E-state index is 13.0. The van der Waals surface area contributed by atoms with E-state index >= 15 is 0 Å². The zero-order chi connectivity index (χ0) is 21.3. The Morgan fingerprint density at radius 3 is 2.33 bits per heavy atom. The van der Waals surface area contributed by atoms with Crippen molar-refractivity contribution in [3.8, 4) is 0 Å². The fourth-order valence-corrected chi connectivity index (χ4v) is 5.52. The molecule has 0 bridgehead atoms. The first kappa shape index (κ1) is 20.4. The zero-order valence-electron chi connectivity index (χ0n) is 17.1. The molecule has 1 heterocycles. The van der Waals surface area contributed by atoms with Gasteiger partial charge in [-0.25, -0.2) is 13.2 Å². The predicted octanol–water partition coefficient (Wildman–Crippen LogP) is 4.00. The number of amides is 2. The van der Waals surface area contributed by atoms with Crippen LogP contribution >= 0.6 is 0 Å². The van der Waals surface area contributed by atoms with Gasteiger partial charge in [0, 0.05) is 31.6 Å². The lowest BCUT2D eigenvalue weighted by Gasteiger charge is -2.34. The quantitative estimate of drug-likeness (QED) is 0.692. The van der Waals surface area contributed by atoms with Crippen LogP contribution in [0.3, 0.4) is 0 Å². The first-order valence-electron chi connectivity index (χ1n) is 9.97. The van der Waals surface area contributed by atoms with Gasteiger partial charge in [-0.2, -0.15) is 4.31 Å². The summed E-state index contributed by atoms with van der Waals surface area (Å²) < 4.78 is 27.5. The Hall–Kier alpha value is -2.90. The molecule has 2 amide bonds. The van der Waals surface area contributed by atoms with E-state index in [1.54, 1.807) is 11.0 Å². The van der Waals surface area contributed by atoms with Crippen LogP contribution in [0.25, 0.3) is 10.8 Å². The molecule has 0 aromatic heterocycles. The number of hydrogen-bond donors (Lipinski definition) is 1. The Labute approximate surface area is 177 Å². The van der Waals surface area contributed by atoms with Crippen LogP contribution in [-0.4, -0.2) is 49.8 Å². The maximum absolute atomic E-state index is 13.0. The van der Waals surface area contributed by atoms with Crippen molar-refractivity contribution in [1.82, 2.24) is 9.21 Å². The number of aryl methyl sites for hydroxylation is 2. The number of carbonyl (C=O) groups is 1. The van der Waals surface area contributed by atoms with E-state index in [2.05, 4.69) is 5.32 Å². The molecule has 0 unspecified atom stereocenters. The molecule has 4 rings (SSSR count). The van der Waals surface area contributed by atoms with E-state index in [1.807, 2.05) is 68.4 Å². The lowest BCUT2D eigenvalue weighted by Crippen LogP contribution is -2.51. The molecule has 0 spiro atoms. The van der Waals surface area contributed by atoms with Gasteiger partial charge in [-0.15, -0.1) is 0 Å². The second-order valence-electron chi connectivity index (χ2n) is 7.62. The molecule has 3 aromatic carbocycles. The fourth-order valence-electron chi connectivity index (χ4n) is 3.89. The summed E-state index contributed by atoms with van der Waals surface area (Å²) in [5.74, 6) is 0. The number of urea groups is 1. The number of piperazine rings is 1. The molecule has 0 saturated carbocycles. The molecule has 1 N–H and O–H groups in total. The standard InChI is InChI=1S/C23H25N3O3S/c1-17-10-11-22(18(2)16-17)30(28,29)26-14-12-25(13-15-26)23(27)24-21-9-5-7-19-6-3-4-8-20(19)21/h3-11,16H,12-15H2,1-2H3,(H,24,27). The number of anilines is 1. The van der Waals surface area contributed by atoms with Crippen molar-refractivity contribution in [2.24, 2.45) is 0 Å². The number of fused-ring (bicyclic) bond motifs is 1. The van der Waals surface area contributed by atoms with Gasteiger partial charge in [0.05, 0.1) is 10.6 Å². The van der Waals surface area contributed by atoms with E-state index in [-0.39, 0.29) is 19.1 Å². The minimum atomic E-state index is -3.57. The number of hydrogen-bond acceptors (Lipinski definition) is 3. The van der Waals surface area contributed by atoms with Gasteiger partial charge in [0.1, 0.15) is 0 Å². The highest BCUT2D eigenvalue weighted by Crippen LogP contribution is 2.25. The summed E-state index contributed by atoms with van der Waals surface area (Å²) >= 11 is 0. The molecule has 30 heavy (non-hydrogen) atoms. The van der Waals surface area contributed by atoms with Crippen LogP contribution in [0.5, 0.6) is 0 Å². The summed E-state index contributed by atoms with van der Waals surface area (Å²) in [6.07, 6.45) is 0.